The number of halogens is 1. The highest BCUT2D eigenvalue weighted by molar-refractivity contribution is 7.15. The van der Waals surface area contributed by atoms with Crippen LogP contribution in [0.4, 0.5) is 15.6 Å². The second kappa shape index (κ2) is 5.68. The van der Waals surface area contributed by atoms with Gasteiger partial charge in [0.15, 0.2) is 5.13 Å². The number of carbonyl (C=O) groups is 1. The Kier molecular flexibility index (Phi) is 4.15. The van der Waals surface area contributed by atoms with Crippen molar-refractivity contribution in [2.45, 2.75) is 13.8 Å². The van der Waals surface area contributed by atoms with Crippen LogP contribution in [-0.4, -0.2) is 18.1 Å². The molecule has 0 spiro atoms. The van der Waals surface area contributed by atoms with Gasteiger partial charge in [0, 0.05) is 17.1 Å². The number of carbonyl (C=O) groups excluding carboxylic acids is 1. The summed E-state index contributed by atoms with van der Waals surface area (Å²) in [6.45, 7) is 3.77. The van der Waals surface area contributed by atoms with Gasteiger partial charge in [-0.25, -0.2) is 14.7 Å². The first-order valence-corrected chi connectivity index (χ1v) is 6.99. The van der Waals surface area contributed by atoms with Gasteiger partial charge >= 0.3 is 6.03 Å². The Bertz CT molecular complexity index is 657. The van der Waals surface area contributed by atoms with Crippen LogP contribution >= 0.6 is 22.9 Å². The number of urea groups is 1. The molecule has 1 aromatic heterocycles. The van der Waals surface area contributed by atoms with Crippen LogP contribution in [0.5, 0.6) is 5.75 Å². The van der Waals surface area contributed by atoms with Crippen molar-refractivity contribution in [3.63, 3.8) is 0 Å². The van der Waals surface area contributed by atoms with E-state index in [0.29, 0.717) is 21.6 Å². The van der Waals surface area contributed by atoms with Crippen molar-refractivity contribution in [1.82, 2.24) is 4.98 Å². The molecule has 2 N–H and O–H groups in total. The third-order valence-electron chi connectivity index (χ3n) is 2.73. The summed E-state index contributed by atoms with van der Waals surface area (Å²) < 4.78 is 5.20. The van der Waals surface area contributed by atoms with Crippen molar-refractivity contribution in [2.75, 3.05) is 12.0 Å². The Labute approximate surface area is 125 Å². The van der Waals surface area contributed by atoms with Crippen LogP contribution in [0, 0.1) is 13.8 Å². The second-order valence-electron chi connectivity index (χ2n) is 4.20. The third-order valence-corrected chi connectivity index (χ3v) is 3.93. The van der Waals surface area contributed by atoms with Crippen LogP contribution < -0.4 is 15.4 Å². The lowest BCUT2D eigenvalue weighted by atomic mass is 10.2. The number of hydrogen-bond acceptors (Lipinski definition) is 4. The summed E-state index contributed by atoms with van der Waals surface area (Å²) in [5, 5.41) is 0.862. The first-order valence-electron chi connectivity index (χ1n) is 5.80. The standard InChI is InChI=1S/C13H14ClN3O2S/c1-7-4-10(9(14)5-11(7)19-3)17(12(15)18)13-16-6-8(2)20-13/h4-6H,1-3H3,(H2,15,18). The van der Waals surface area contributed by atoms with E-state index in [9.17, 15) is 4.79 Å². The molecule has 1 aromatic carbocycles. The number of aromatic nitrogens is 1. The zero-order chi connectivity index (χ0) is 14.9. The van der Waals surface area contributed by atoms with Gasteiger partial charge < -0.3 is 10.5 Å². The number of thiazole rings is 1. The Balaban J connectivity index is 2.56. The van der Waals surface area contributed by atoms with Crippen LogP contribution in [0.15, 0.2) is 18.3 Å². The third kappa shape index (κ3) is 2.71. The predicted molar refractivity (Wildman–Crippen MR) is 81.3 cm³/mol. The predicted octanol–water partition coefficient (Wildman–Crippen LogP) is 3.64. The molecule has 2 rings (SSSR count). The molecule has 7 heteroatoms. The summed E-state index contributed by atoms with van der Waals surface area (Å²) in [6.07, 6.45) is 1.68. The van der Waals surface area contributed by atoms with Crippen molar-refractivity contribution in [1.29, 1.82) is 0 Å². The smallest absolute Gasteiger partial charge is 0.325 e. The molecule has 0 saturated carbocycles. The van der Waals surface area contributed by atoms with Gasteiger partial charge in [-0.15, -0.1) is 11.3 Å². The van der Waals surface area contributed by atoms with Gasteiger partial charge in [-0.2, -0.15) is 0 Å². The molecule has 0 unspecified atom stereocenters. The van der Waals surface area contributed by atoms with Crippen LogP contribution in [0.1, 0.15) is 10.4 Å². The minimum Gasteiger partial charge on any atom is -0.496 e. The Morgan fingerprint density at radius 2 is 2.15 bits per heavy atom. The zero-order valence-corrected chi connectivity index (χ0v) is 12.9. The van der Waals surface area contributed by atoms with E-state index in [1.54, 1.807) is 25.4 Å². The SMILES string of the molecule is COc1cc(Cl)c(N(C(N)=O)c2ncc(C)s2)cc1C. The largest absolute Gasteiger partial charge is 0.496 e. The quantitative estimate of drug-likeness (QED) is 0.941. The van der Waals surface area contributed by atoms with Gasteiger partial charge in [0.05, 0.1) is 17.8 Å². The first kappa shape index (κ1) is 14.6. The minimum absolute atomic E-state index is 0.374. The number of amides is 2. The van der Waals surface area contributed by atoms with Crippen LogP contribution in [0.3, 0.4) is 0 Å². The maximum absolute atomic E-state index is 11.8. The number of ether oxygens (including phenoxy) is 1. The van der Waals surface area contributed by atoms with E-state index < -0.39 is 6.03 Å². The molecular weight excluding hydrogens is 298 g/mol. The Morgan fingerprint density at radius 3 is 2.65 bits per heavy atom. The fraction of sp³-hybridized carbons (Fsp3) is 0.231. The molecule has 0 aliphatic rings. The van der Waals surface area contributed by atoms with Gasteiger partial charge in [0.1, 0.15) is 5.75 Å². The van der Waals surface area contributed by atoms with Crippen molar-refractivity contribution < 1.29 is 9.53 Å². The maximum Gasteiger partial charge on any atom is 0.325 e. The zero-order valence-electron chi connectivity index (χ0n) is 11.3. The number of nitrogens with zero attached hydrogens (tertiary/aromatic N) is 2. The lowest BCUT2D eigenvalue weighted by Gasteiger charge is -2.20. The minimum atomic E-state index is -0.634. The maximum atomic E-state index is 11.8. The summed E-state index contributed by atoms with van der Waals surface area (Å²) in [7, 11) is 1.56. The molecule has 106 valence electrons. The molecule has 0 bridgehead atoms. The number of aryl methyl sites for hydroxylation is 2. The van der Waals surface area contributed by atoms with Gasteiger partial charge in [-0.1, -0.05) is 11.6 Å². The van der Waals surface area contributed by atoms with E-state index >= 15 is 0 Å². The van der Waals surface area contributed by atoms with Crippen molar-refractivity contribution in [3.05, 3.63) is 33.8 Å². The van der Waals surface area contributed by atoms with Crippen LogP contribution in [-0.2, 0) is 0 Å². The number of rotatable bonds is 3. The molecule has 5 nitrogen and oxygen atoms in total. The highest BCUT2D eigenvalue weighted by atomic mass is 35.5. The van der Waals surface area contributed by atoms with E-state index in [0.717, 1.165) is 10.4 Å². The Morgan fingerprint density at radius 1 is 1.45 bits per heavy atom. The number of nitrogens with two attached hydrogens (primary N) is 1. The molecule has 0 radical (unpaired) electrons. The fourth-order valence-corrected chi connectivity index (χ4v) is 2.82. The molecule has 20 heavy (non-hydrogen) atoms. The molecule has 1 heterocycles. The number of methoxy groups -OCH3 is 1. The number of anilines is 2. The topological polar surface area (TPSA) is 68.5 Å². The fourth-order valence-electron chi connectivity index (χ4n) is 1.80. The highest BCUT2D eigenvalue weighted by Crippen LogP contribution is 2.37. The van der Waals surface area contributed by atoms with Crippen molar-refractivity contribution >= 4 is 39.8 Å². The summed E-state index contributed by atoms with van der Waals surface area (Å²) in [5.74, 6) is 0.651. The van der Waals surface area contributed by atoms with E-state index in [1.807, 2.05) is 13.8 Å². The van der Waals surface area contributed by atoms with E-state index in [2.05, 4.69) is 4.98 Å². The monoisotopic (exact) mass is 311 g/mol. The summed E-state index contributed by atoms with van der Waals surface area (Å²) >= 11 is 7.59. The van der Waals surface area contributed by atoms with E-state index in [1.165, 1.54) is 16.2 Å². The molecular formula is C13H14ClN3O2S. The van der Waals surface area contributed by atoms with E-state index in [-0.39, 0.29) is 0 Å². The van der Waals surface area contributed by atoms with Gasteiger partial charge in [0.2, 0.25) is 0 Å². The molecule has 0 saturated heterocycles. The second-order valence-corrected chi connectivity index (χ2v) is 5.82. The van der Waals surface area contributed by atoms with Crippen LogP contribution in [0.25, 0.3) is 0 Å². The molecule has 0 aliphatic heterocycles. The highest BCUT2D eigenvalue weighted by Gasteiger charge is 2.22. The Hall–Kier alpha value is -1.79. The number of benzene rings is 1. The van der Waals surface area contributed by atoms with Crippen LogP contribution in [0.2, 0.25) is 5.02 Å². The lowest BCUT2D eigenvalue weighted by molar-refractivity contribution is 0.256. The molecule has 0 fully saturated rings. The van der Waals surface area contributed by atoms with Gasteiger partial charge in [-0.05, 0) is 25.5 Å². The first-order chi connectivity index (χ1) is 9.43. The summed E-state index contributed by atoms with van der Waals surface area (Å²) in [5.41, 5.74) is 6.81. The van der Waals surface area contributed by atoms with Crippen molar-refractivity contribution in [3.8, 4) is 5.75 Å². The summed E-state index contributed by atoms with van der Waals surface area (Å²) in [6, 6.07) is 2.77. The molecule has 0 aliphatic carbocycles. The van der Waals surface area contributed by atoms with Gasteiger partial charge in [-0.3, -0.25) is 0 Å². The van der Waals surface area contributed by atoms with Gasteiger partial charge in [0.25, 0.3) is 0 Å². The average Bonchev–Trinajstić information content (AvgIpc) is 2.79. The van der Waals surface area contributed by atoms with Crippen molar-refractivity contribution in [2.24, 2.45) is 5.73 Å². The molecule has 2 aromatic rings. The normalized spacial score (nSPS) is 10.4. The van der Waals surface area contributed by atoms with E-state index in [4.69, 9.17) is 22.1 Å². The summed E-state index contributed by atoms with van der Waals surface area (Å²) in [4.78, 5) is 18.2. The number of primary amides is 1. The number of hydrogen-bond donors (Lipinski definition) is 1. The molecule has 2 amide bonds. The molecule has 0 atom stereocenters. The average molecular weight is 312 g/mol. The lowest BCUT2D eigenvalue weighted by Crippen LogP contribution is -2.31.